The van der Waals surface area contributed by atoms with Gasteiger partial charge in [0, 0.05) is 45.8 Å². The lowest BCUT2D eigenvalue weighted by atomic mass is 10.1. The smallest absolute Gasteiger partial charge is 0.335 e. The number of hydrogen-bond donors (Lipinski definition) is 0. The van der Waals surface area contributed by atoms with E-state index in [1.165, 1.54) is 6.42 Å². The van der Waals surface area contributed by atoms with Crippen molar-refractivity contribution in [3.63, 3.8) is 0 Å². The molecule has 3 fully saturated rings. The fourth-order valence-electron chi connectivity index (χ4n) is 3.92. The lowest BCUT2D eigenvalue weighted by molar-refractivity contribution is -0.144. The minimum atomic E-state index is -0.742. The molecule has 3 saturated heterocycles. The molecular weight excluding hydrogens is 362 g/mol. The fourth-order valence-corrected chi connectivity index (χ4v) is 3.92. The van der Waals surface area contributed by atoms with Crippen molar-refractivity contribution in [1.29, 1.82) is 0 Å². The molecule has 3 heterocycles. The number of imide groups is 2. The van der Waals surface area contributed by atoms with E-state index in [1.54, 1.807) is 0 Å². The minimum absolute atomic E-state index is 0.113. The van der Waals surface area contributed by atoms with Gasteiger partial charge in [0.05, 0.1) is 13.2 Å². The highest BCUT2D eigenvalue weighted by atomic mass is 16.2. The Balaban J connectivity index is 1.46. The SMILES string of the molecule is CC(C)CN1C(=O)C(=O)N(CN2CCN(CC(=O)N3CCCCC3)CC2)C1=O. The summed E-state index contributed by atoms with van der Waals surface area (Å²) < 4.78 is 0. The second-order valence-electron chi connectivity index (χ2n) is 8.30. The number of carbonyl (C=O) groups excluding carboxylic acids is 4. The predicted molar refractivity (Wildman–Crippen MR) is 102 cm³/mol. The molecular formula is C19H31N5O4. The van der Waals surface area contributed by atoms with Crippen molar-refractivity contribution in [1.82, 2.24) is 24.5 Å². The first-order chi connectivity index (χ1) is 13.4. The molecule has 0 spiro atoms. The maximum Gasteiger partial charge on any atom is 0.335 e. The average molecular weight is 393 g/mol. The van der Waals surface area contributed by atoms with Crippen LogP contribution in [0.2, 0.25) is 0 Å². The molecule has 3 aliphatic rings. The highest BCUT2D eigenvalue weighted by Gasteiger charge is 2.45. The van der Waals surface area contributed by atoms with Gasteiger partial charge in [-0.05, 0) is 25.2 Å². The van der Waals surface area contributed by atoms with Crippen LogP contribution in [0, 0.1) is 5.92 Å². The molecule has 0 unspecified atom stereocenters. The number of rotatable bonds is 6. The fraction of sp³-hybridized carbons (Fsp3) is 0.789. The number of hydrogen-bond acceptors (Lipinski definition) is 6. The number of amides is 5. The molecule has 156 valence electrons. The molecule has 9 heteroatoms. The van der Waals surface area contributed by atoms with Crippen LogP contribution in [0.4, 0.5) is 4.79 Å². The van der Waals surface area contributed by atoms with Gasteiger partial charge in [-0.3, -0.25) is 29.1 Å². The van der Waals surface area contributed by atoms with E-state index in [9.17, 15) is 19.2 Å². The van der Waals surface area contributed by atoms with Crippen LogP contribution in [-0.2, 0) is 14.4 Å². The van der Waals surface area contributed by atoms with Gasteiger partial charge in [0.1, 0.15) is 0 Å². The molecule has 9 nitrogen and oxygen atoms in total. The number of nitrogens with zero attached hydrogens (tertiary/aromatic N) is 5. The molecule has 0 aromatic rings. The summed E-state index contributed by atoms with van der Waals surface area (Å²) in [5, 5.41) is 0. The predicted octanol–water partition coefficient (Wildman–Crippen LogP) is 0.0208. The summed E-state index contributed by atoms with van der Waals surface area (Å²) in [4.78, 5) is 57.3. The van der Waals surface area contributed by atoms with Gasteiger partial charge in [-0.2, -0.15) is 0 Å². The van der Waals surface area contributed by atoms with Crippen molar-refractivity contribution in [3.05, 3.63) is 0 Å². The van der Waals surface area contributed by atoms with E-state index in [1.807, 2.05) is 23.6 Å². The molecule has 0 saturated carbocycles. The zero-order valence-corrected chi connectivity index (χ0v) is 16.9. The summed E-state index contributed by atoms with van der Waals surface area (Å²) in [6.07, 6.45) is 3.38. The van der Waals surface area contributed by atoms with Crippen LogP contribution in [0.5, 0.6) is 0 Å². The van der Waals surface area contributed by atoms with Crippen LogP contribution < -0.4 is 0 Å². The first-order valence-electron chi connectivity index (χ1n) is 10.3. The maximum atomic E-state index is 12.4. The van der Waals surface area contributed by atoms with E-state index in [2.05, 4.69) is 4.90 Å². The molecule has 3 aliphatic heterocycles. The van der Waals surface area contributed by atoms with E-state index in [4.69, 9.17) is 0 Å². The second kappa shape index (κ2) is 9.00. The largest absolute Gasteiger partial charge is 0.342 e. The van der Waals surface area contributed by atoms with Crippen LogP contribution in [0.25, 0.3) is 0 Å². The van der Waals surface area contributed by atoms with Crippen molar-refractivity contribution < 1.29 is 19.2 Å². The zero-order valence-electron chi connectivity index (χ0n) is 16.9. The summed E-state index contributed by atoms with van der Waals surface area (Å²) in [6, 6.07) is -0.522. The van der Waals surface area contributed by atoms with Gasteiger partial charge in [-0.1, -0.05) is 13.8 Å². The lowest BCUT2D eigenvalue weighted by Gasteiger charge is -2.36. The van der Waals surface area contributed by atoms with E-state index in [0.29, 0.717) is 32.7 Å². The summed E-state index contributed by atoms with van der Waals surface area (Å²) in [7, 11) is 0. The van der Waals surface area contributed by atoms with E-state index < -0.39 is 17.8 Å². The number of piperidine rings is 1. The molecule has 0 aromatic heterocycles. The Hall–Kier alpha value is -2.00. The molecule has 0 radical (unpaired) electrons. The van der Waals surface area contributed by atoms with Gasteiger partial charge in [-0.25, -0.2) is 9.69 Å². The number of likely N-dealkylation sites (tertiary alicyclic amines) is 1. The Labute approximate surface area is 166 Å². The summed E-state index contributed by atoms with van der Waals surface area (Å²) in [6.45, 7) is 9.06. The van der Waals surface area contributed by atoms with E-state index in [0.717, 1.165) is 35.7 Å². The number of urea groups is 1. The normalized spacial score (nSPS) is 22.7. The van der Waals surface area contributed by atoms with Gasteiger partial charge in [0.2, 0.25) is 5.91 Å². The first kappa shape index (κ1) is 20.7. The van der Waals surface area contributed by atoms with Crippen molar-refractivity contribution in [2.24, 2.45) is 5.92 Å². The highest BCUT2D eigenvalue weighted by Crippen LogP contribution is 2.16. The maximum absolute atomic E-state index is 12.4. The van der Waals surface area contributed by atoms with Gasteiger partial charge in [-0.15, -0.1) is 0 Å². The van der Waals surface area contributed by atoms with Crippen LogP contribution >= 0.6 is 0 Å². The Kier molecular flexibility index (Phi) is 6.66. The third-order valence-corrected chi connectivity index (χ3v) is 5.56. The van der Waals surface area contributed by atoms with Gasteiger partial charge in [0.25, 0.3) is 0 Å². The molecule has 3 rings (SSSR count). The monoisotopic (exact) mass is 393 g/mol. The van der Waals surface area contributed by atoms with E-state index in [-0.39, 0.29) is 25.0 Å². The van der Waals surface area contributed by atoms with Crippen molar-refractivity contribution in [2.45, 2.75) is 33.1 Å². The number of carbonyl (C=O) groups is 4. The third-order valence-electron chi connectivity index (χ3n) is 5.56. The van der Waals surface area contributed by atoms with Crippen LogP contribution in [-0.4, -0.2) is 107 Å². The molecule has 0 bridgehead atoms. The number of piperazine rings is 1. The Morgan fingerprint density at radius 1 is 0.821 bits per heavy atom. The molecule has 0 N–H and O–H groups in total. The molecule has 0 atom stereocenters. The second-order valence-corrected chi connectivity index (χ2v) is 8.30. The highest BCUT2D eigenvalue weighted by molar-refractivity contribution is 6.44. The molecule has 0 aliphatic carbocycles. The minimum Gasteiger partial charge on any atom is -0.342 e. The summed E-state index contributed by atoms with van der Waals surface area (Å²) in [5.74, 6) is -1.17. The van der Waals surface area contributed by atoms with Crippen LogP contribution in [0.15, 0.2) is 0 Å². The van der Waals surface area contributed by atoms with Gasteiger partial charge < -0.3 is 4.90 Å². The Morgan fingerprint density at radius 2 is 1.39 bits per heavy atom. The summed E-state index contributed by atoms with van der Waals surface area (Å²) in [5.41, 5.74) is 0. The van der Waals surface area contributed by atoms with Crippen LogP contribution in [0.3, 0.4) is 0 Å². The zero-order chi connectivity index (χ0) is 20.3. The van der Waals surface area contributed by atoms with Crippen molar-refractivity contribution in [3.8, 4) is 0 Å². The van der Waals surface area contributed by atoms with Gasteiger partial charge >= 0.3 is 17.8 Å². The molecule has 28 heavy (non-hydrogen) atoms. The van der Waals surface area contributed by atoms with Crippen molar-refractivity contribution >= 4 is 23.8 Å². The Bertz CT molecular complexity index is 624. The van der Waals surface area contributed by atoms with Crippen molar-refractivity contribution in [2.75, 3.05) is 59.0 Å². The summed E-state index contributed by atoms with van der Waals surface area (Å²) >= 11 is 0. The first-order valence-corrected chi connectivity index (χ1v) is 10.3. The average Bonchev–Trinajstić information content (AvgIpc) is 2.88. The standard InChI is InChI=1S/C19H31N5O4/c1-15(2)12-23-17(26)18(27)24(19(23)28)14-21-10-8-20(9-11-21)13-16(25)22-6-4-3-5-7-22/h15H,3-14H2,1-2H3. The molecule has 5 amide bonds. The van der Waals surface area contributed by atoms with Crippen LogP contribution in [0.1, 0.15) is 33.1 Å². The molecule has 0 aromatic carbocycles. The lowest BCUT2D eigenvalue weighted by Crippen LogP contribution is -2.53. The topological polar surface area (TPSA) is 84.5 Å². The third kappa shape index (κ3) is 4.70. The quantitative estimate of drug-likeness (QED) is 0.467. The Morgan fingerprint density at radius 3 is 2.00 bits per heavy atom. The van der Waals surface area contributed by atoms with Gasteiger partial charge in [0.15, 0.2) is 0 Å². The van der Waals surface area contributed by atoms with E-state index >= 15 is 0 Å².